The SMILES string of the molecule is CC(C)C(N)C(=O)Nc1cnc2ccccc2c1.Cl.Cl. The molecule has 0 aliphatic rings. The maximum absolute atomic E-state index is 11.8. The van der Waals surface area contributed by atoms with Crippen molar-refractivity contribution >= 4 is 47.3 Å². The molecule has 0 saturated heterocycles. The third-order valence-corrected chi connectivity index (χ3v) is 2.88. The van der Waals surface area contributed by atoms with Gasteiger partial charge >= 0.3 is 0 Å². The van der Waals surface area contributed by atoms with Crippen LogP contribution in [0.1, 0.15) is 13.8 Å². The second kappa shape index (κ2) is 8.04. The first-order chi connectivity index (χ1) is 8.58. The first-order valence-corrected chi connectivity index (χ1v) is 5.99. The molecule has 4 nitrogen and oxygen atoms in total. The third kappa shape index (κ3) is 4.34. The Balaban J connectivity index is 0.00000180. The topological polar surface area (TPSA) is 68.0 Å². The number of amides is 1. The van der Waals surface area contributed by atoms with E-state index < -0.39 is 6.04 Å². The second-order valence-corrected chi connectivity index (χ2v) is 4.68. The summed E-state index contributed by atoms with van der Waals surface area (Å²) in [6, 6.07) is 9.16. The van der Waals surface area contributed by atoms with E-state index in [0.29, 0.717) is 5.69 Å². The number of nitrogens with one attached hydrogen (secondary N) is 1. The minimum Gasteiger partial charge on any atom is -0.323 e. The minimum atomic E-state index is -0.503. The Bertz CT molecular complexity index is 575. The molecule has 20 heavy (non-hydrogen) atoms. The minimum absolute atomic E-state index is 0. The van der Waals surface area contributed by atoms with Gasteiger partial charge in [-0.2, -0.15) is 0 Å². The lowest BCUT2D eigenvalue weighted by atomic mass is 10.0. The van der Waals surface area contributed by atoms with Crippen LogP contribution in [-0.2, 0) is 4.79 Å². The van der Waals surface area contributed by atoms with Crippen LogP contribution in [0, 0.1) is 5.92 Å². The molecule has 0 fully saturated rings. The van der Waals surface area contributed by atoms with E-state index in [9.17, 15) is 4.79 Å². The van der Waals surface area contributed by atoms with Crippen LogP contribution in [0.2, 0.25) is 0 Å². The lowest BCUT2D eigenvalue weighted by Gasteiger charge is -2.15. The number of anilines is 1. The summed E-state index contributed by atoms with van der Waals surface area (Å²) >= 11 is 0. The maximum atomic E-state index is 11.8. The molecule has 6 heteroatoms. The van der Waals surface area contributed by atoms with Gasteiger partial charge in [0.05, 0.1) is 23.4 Å². The van der Waals surface area contributed by atoms with Gasteiger partial charge in [-0.25, -0.2) is 0 Å². The van der Waals surface area contributed by atoms with Gasteiger partial charge in [0.25, 0.3) is 0 Å². The van der Waals surface area contributed by atoms with E-state index in [1.165, 1.54) is 0 Å². The number of hydrogen-bond acceptors (Lipinski definition) is 3. The Kier molecular flexibility index (Phi) is 7.50. The molecule has 1 atom stereocenters. The first kappa shape index (κ1) is 18.6. The third-order valence-electron chi connectivity index (χ3n) is 2.88. The Morgan fingerprint density at radius 2 is 1.90 bits per heavy atom. The van der Waals surface area contributed by atoms with E-state index in [1.807, 2.05) is 44.2 Å². The van der Waals surface area contributed by atoms with Crippen molar-refractivity contribution in [3.63, 3.8) is 0 Å². The van der Waals surface area contributed by atoms with Gasteiger partial charge in [-0.15, -0.1) is 24.8 Å². The van der Waals surface area contributed by atoms with Crippen LogP contribution in [0.3, 0.4) is 0 Å². The molecule has 3 N–H and O–H groups in total. The zero-order valence-corrected chi connectivity index (χ0v) is 13.0. The Labute approximate surface area is 131 Å². The number of hydrogen-bond donors (Lipinski definition) is 2. The molecule has 2 rings (SSSR count). The highest BCUT2D eigenvalue weighted by Crippen LogP contribution is 2.16. The fourth-order valence-electron chi connectivity index (χ4n) is 1.67. The second-order valence-electron chi connectivity index (χ2n) is 4.68. The van der Waals surface area contributed by atoms with Gasteiger partial charge in [0, 0.05) is 5.39 Å². The zero-order valence-electron chi connectivity index (χ0n) is 11.4. The van der Waals surface area contributed by atoms with Crippen molar-refractivity contribution in [2.24, 2.45) is 11.7 Å². The number of carbonyl (C=O) groups is 1. The number of nitrogens with zero attached hydrogens (tertiary/aromatic N) is 1. The Morgan fingerprint density at radius 3 is 2.55 bits per heavy atom. The van der Waals surface area contributed by atoms with Gasteiger partial charge in [-0.3, -0.25) is 9.78 Å². The zero-order chi connectivity index (χ0) is 13.1. The molecule has 0 saturated carbocycles. The highest BCUT2D eigenvalue weighted by Gasteiger charge is 2.17. The predicted molar refractivity (Wildman–Crippen MR) is 87.7 cm³/mol. The maximum Gasteiger partial charge on any atom is 0.241 e. The molecule has 2 aromatic rings. The summed E-state index contributed by atoms with van der Waals surface area (Å²) in [7, 11) is 0. The molecule has 1 heterocycles. The lowest BCUT2D eigenvalue weighted by Crippen LogP contribution is -2.39. The summed E-state index contributed by atoms with van der Waals surface area (Å²) in [4.78, 5) is 16.1. The number of para-hydroxylation sites is 1. The highest BCUT2D eigenvalue weighted by molar-refractivity contribution is 5.96. The van der Waals surface area contributed by atoms with E-state index in [2.05, 4.69) is 10.3 Å². The number of pyridine rings is 1. The fourth-order valence-corrected chi connectivity index (χ4v) is 1.67. The Hall–Kier alpha value is -1.36. The number of nitrogens with two attached hydrogens (primary N) is 1. The molecular formula is C14H19Cl2N3O. The van der Waals surface area contributed by atoms with Crippen molar-refractivity contribution in [1.29, 1.82) is 0 Å². The smallest absolute Gasteiger partial charge is 0.241 e. The molecule has 1 amide bonds. The van der Waals surface area contributed by atoms with Crippen molar-refractivity contribution in [2.45, 2.75) is 19.9 Å². The molecule has 1 aromatic heterocycles. The van der Waals surface area contributed by atoms with E-state index in [1.54, 1.807) is 6.20 Å². The van der Waals surface area contributed by atoms with E-state index in [0.717, 1.165) is 10.9 Å². The summed E-state index contributed by atoms with van der Waals surface area (Å²) in [5.41, 5.74) is 7.37. The number of carbonyl (C=O) groups excluding carboxylic acids is 1. The molecule has 110 valence electrons. The highest BCUT2D eigenvalue weighted by atomic mass is 35.5. The quantitative estimate of drug-likeness (QED) is 0.914. The summed E-state index contributed by atoms with van der Waals surface area (Å²) in [5, 5.41) is 3.78. The van der Waals surface area contributed by atoms with Crippen LogP contribution in [0.25, 0.3) is 10.9 Å². The van der Waals surface area contributed by atoms with Gasteiger partial charge in [0.1, 0.15) is 0 Å². The van der Waals surface area contributed by atoms with Crippen LogP contribution in [0.15, 0.2) is 36.5 Å². The van der Waals surface area contributed by atoms with Crippen LogP contribution >= 0.6 is 24.8 Å². The van der Waals surface area contributed by atoms with E-state index >= 15 is 0 Å². The molecule has 0 aliphatic carbocycles. The molecule has 1 aromatic carbocycles. The predicted octanol–water partition coefficient (Wildman–Crippen LogP) is 3.00. The number of rotatable bonds is 3. The monoisotopic (exact) mass is 315 g/mol. The molecule has 0 spiro atoms. The summed E-state index contributed by atoms with van der Waals surface area (Å²) < 4.78 is 0. The van der Waals surface area contributed by atoms with Crippen molar-refractivity contribution in [2.75, 3.05) is 5.32 Å². The Morgan fingerprint density at radius 1 is 1.25 bits per heavy atom. The number of fused-ring (bicyclic) bond motifs is 1. The normalized spacial score (nSPS) is 11.4. The van der Waals surface area contributed by atoms with Gasteiger partial charge in [-0.1, -0.05) is 32.0 Å². The molecule has 0 aliphatic heterocycles. The van der Waals surface area contributed by atoms with Gasteiger partial charge in [0.15, 0.2) is 0 Å². The van der Waals surface area contributed by atoms with Gasteiger partial charge < -0.3 is 11.1 Å². The largest absolute Gasteiger partial charge is 0.323 e. The average molecular weight is 316 g/mol. The molecule has 0 radical (unpaired) electrons. The molecule has 1 unspecified atom stereocenters. The van der Waals surface area contributed by atoms with Crippen LogP contribution in [-0.4, -0.2) is 16.9 Å². The van der Waals surface area contributed by atoms with Crippen LogP contribution in [0.4, 0.5) is 5.69 Å². The van der Waals surface area contributed by atoms with Gasteiger partial charge in [0.2, 0.25) is 5.91 Å². The lowest BCUT2D eigenvalue weighted by molar-refractivity contribution is -0.118. The number of halogens is 2. The summed E-state index contributed by atoms with van der Waals surface area (Å²) in [6.07, 6.45) is 1.65. The van der Waals surface area contributed by atoms with E-state index in [-0.39, 0.29) is 36.6 Å². The summed E-state index contributed by atoms with van der Waals surface area (Å²) in [6.45, 7) is 3.84. The fraction of sp³-hybridized carbons (Fsp3) is 0.286. The van der Waals surface area contributed by atoms with Crippen molar-refractivity contribution < 1.29 is 4.79 Å². The molecular weight excluding hydrogens is 297 g/mol. The standard InChI is InChI=1S/C14H17N3O.2ClH/c1-9(2)13(15)14(18)17-11-7-10-5-3-4-6-12(10)16-8-11;;/h3-9,13H,15H2,1-2H3,(H,17,18);2*1H. The average Bonchev–Trinajstić information content (AvgIpc) is 2.37. The van der Waals surface area contributed by atoms with Crippen molar-refractivity contribution in [3.8, 4) is 0 Å². The number of benzene rings is 1. The summed E-state index contributed by atoms with van der Waals surface area (Å²) in [5.74, 6) is -0.0690. The first-order valence-electron chi connectivity index (χ1n) is 5.99. The van der Waals surface area contributed by atoms with Crippen LogP contribution in [0.5, 0.6) is 0 Å². The van der Waals surface area contributed by atoms with Gasteiger partial charge in [-0.05, 0) is 18.1 Å². The number of aromatic nitrogens is 1. The van der Waals surface area contributed by atoms with Crippen LogP contribution < -0.4 is 11.1 Å². The molecule has 0 bridgehead atoms. The van der Waals surface area contributed by atoms with Crippen molar-refractivity contribution in [1.82, 2.24) is 4.98 Å². The van der Waals surface area contributed by atoms with Crippen molar-refractivity contribution in [3.05, 3.63) is 36.5 Å². The van der Waals surface area contributed by atoms with E-state index in [4.69, 9.17) is 5.73 Å².